The SMILES string of the molecule is CCCCC\C=C/C=C\C=C/C=C\CCCCCCCC(=O)OCC(COC(=O)CCC/C=C\C/C=C\C/C=C\CCCCCCCC)OC(=O)CCCCCCC/C=C\CCCCCCCCCCC. The first-order valence-electron chi connectivity index (χ1n) is 29.8. The number of allylic oxidation sites excluding steroid dienone is 16. The first-order valence-corrected chi connectivity index (χ1v) is 29.8. The number of hydrogen-bond acceptors (Lipinski definition) is 6. The van der Waals surface area contributed by atoms with Gasteiger partial charge in [-0.05, 0) is 103 Å². The summed E-state index contributed by atoms with van der Waals surface area (Å²) in [5, 5.41) is 0. The molecule has 0 fully saturated rings. The van der Waals surface area contributed by atoms with Crippen molar-refractivity contribution in [3.63, 3.8) is 0 Å². The zero-order valence-electron chi connectivity index (χ0n) is 46.5. The van der Waals surface area contributed by atoms with Crippen molar-refractivity contribution in [1.82, 2.24) is 0 Å². The van der Waals surface area contributed by atoms with Gasteiger partial charge in [-0.3, -0.25) is 14.4 Å². The van der Waals surface area contributed by atoms with Crippen LogP contribution in [0.4, 0.5) is 0 Å². The highest BCUT2D eigenvalue weighted by Gasteiger charge is 2.19. The highest BCUT2D eigenvalue weighted by atomic mass is 16.6. The van der Waals surface area contributed by atoms with E-state index in [2.05, 4.69) is 118 Å². The molecule has 6 nitrogen and oxygen atoms in total. The molecule has 0 aliphatic rings. The summed E-state index contributed by atoms with van der Waals surface area (Å²) >= 11 is 0. The van der Waals surface area contributed by atoms with Crippen molar-refractivity contribution >= 4 is 17.9 Å². The van der Waals surface area contributed by atoms with E-state index in [0.29, 0.717) is 19.3 Å². The van der Waals surface area contributed by atoms with Crippen LogP contribution in [0.3, 0.4) is 0 Å². The topological polar surface area (TPSA) is 78.9 Å². The van der Waals surface area contributed by atoms with E-state index in [4.69, 9.17) is 14.2 Å². The van der Waals surface area contributed by atoms with Crippen LogP contribution in [0, 0.1) is 0 Å². The second-order valence-corrected chi connectivity index (χ2v) is 19.6. The van der Waals surface area contributed by atoms with Gasteiger partial charge in [-0.15, -0.1) is 0 Å². The van der Waals surface area contributed by atoms with Crippen molar-refractivity contribution in [2.45, 2.75) is 284 Å². The molecule has 0 N–H and O–H groups in total. The lowest BCUT2D eigenvalue weighted by Gasteiger charge is -2.18. The first kappa shape index (κ1) is 67.3. The fraction of sp³-hybridized carbons (Fsp3) is 0.708. The lowest BCUT2D eigenvalue weighted by atomic mass is 10.1. The Balaban J connectivity index is 4.52. The van der Waals surface area contributed by atoms with E-state index in [-0.39, 0.29) is 37.5 Å². The summed E-state index contributed by atoms with van der Waals surface area (Å²) in [7, 11) is 0. The van der Waals surface area contributed by atoms with Gasteiger partial charge < -0.3 is 14.2 Å². The van der Waals surface area contributed by atoms with Crippen molar-refractivity contribution in [1.29, 1.82) is 0 Å². The van der Waals surface area contributed by atoms with Crippen molar-refractivity contribution < 1.29 is 28.6 Å². The van der Waals surface area contributed by atoms with E-state index in [1.165, 1.54) is 135 Å². The van der Waals surface area contributed by atoms with Crippen LogP contribution in [0.1, 0.15) is 278 Å². The molecule has 0 rings (SSSR count). The van der Waals surface area contributed by atoms with E-state index in [0.717, 1.165) is 96.3 Å². The predicted molar refractivity (Wildman–Crippen MR) is 307 cm³/mol. The van der Waals surface area contributed by atoms with Gasteiger partial charge in [0.1, 0.15) is 13.2 Å². The second kappa shape index (κ2) is 58.9. The quantitative estimate of drug-likeness (QED) is 0.0199. The molecule has 1 unspecified atom stereocenters. The number of carbonyl (C=O) groups is 3. The molecule has 0 saturated carbocycles. The van der Waals surface area contributed by atoms with Crippen LogP contribution >= 0.6 is 0 Å². The summed E-state index contributed by atoms with van der Waals surface area (Å²) in [6.45, 7) is 6.54. The maximum absolute atomic E-state index is 12.9. The largest absolute Gasteiger partial charge is 0.462 e. The minimum Gasteiger partial charge on any atom is -0.462 e. The summed E-state index contributed by atoms with van der Waals surface area (Å²) in [4.78, 5) is 38.2. The standard InChI is InChI=1S/C65H110O6/c1-4-7-10-13-16-19-22-25-28-31-34-37-40-43-46-49-52-55-58-64(67)70-61-62(60-69-63(66)57-54-51-48-45-42-39-36-33-30-27-24-21-18-15-12-9-6-3)71-65(68)59-56-53-50-47-44-41-38-35-32-29-26-23-20-17-14-11-8-5-2/h16,19,22,25,27-28,30-31,34-39,45,48,62H,4-15,17-18,20-21,23-24,26,29,32-33,40-44,46-47,49-61H2,1-3H3/b19-16-,25-22-,30-27-,31-28-,37-34-,38-35-,39-36-,48-45-. The zero-order valence-corrected chi connectivity index (χ0v) is 46.5. The lowest BCUT2D eigenvalue weighted by Crippen LogP contribution is -2.30. The lowest BCUT2D eigenvalue weighted by molar-refractivity contribution is -0.167. The molecular formula is C65H110O6. The number of rotatable bonds is 53. The normalized spacial score (nSPS) is 12.8. The Morgan fingerprint density at radius 2 is 0.577 bits per heavy atom. The van der Waals surface area contributed by atoms with Gasteiger partial charge in [-0.1, -0.05) is 253 Å². The Kier molecular flexibility index (Phi) is 55.9. The molecular weight excluding hydrogens is 877 g/mol. The van der Waals surface area contributed by atoms with Gasteiger partial charge in [-0.2, -0.15) is 0 Å². The molecule has 0 aromatic rings. The molecule has 1 atom stereocenters. The Hall–Kier alpha value is -3.67. The van der Waals surface area contributed by atoms with Gasteiger partial charge in [0, 0.05) is 19.3 Å². The summed E-state index contributed by atoms with van der Waals surface area (Å²) < 4.78 is 16.8. The summed E-state index contributed by atoms with van der Waals surface area (Å²) in [6.07, 6.45) is 78.3. The highest BCUT2D eigenvalue weighted by molar-refractivity contribution is 5.71. The van der Waals surface area contributed by atoms with Gasteiger partial charge in [0.15, 0.2) is 6.10 Å². The molecule has 0 aromatic heterocycles. The summed E-state index contributed by atoms with van der Waals surface area (Å²) in [6, 6.07) is 0. The van der Waals surface area contributed by atoms with Crippen LogP contribution in [0.15, 0.2) is 97.2 Å². The highest BCUT2D eigenvalue weighted by Crippen LogP contribution is 2.14. The predicted octanol–water partition coefficient (Wildman–Crippen LogP) is 20.1. The molecule has 0 bridgehead atoms. The molecule has 71 heavy (non-hydrogen) atoms. The van der Waals surface area contributed by atoms with E-state index < -0.39 is 6.10 Å². The third kappa shape index (κ3) is 57.1. The Labute approximate surface area is 438 Å². The Bertz CT molecular complexity index is 1410. The first-order chi connectivity index (χ1) is 35.0. The van der Waals surface area contributed by atoms with Crippen molar-refractivity contribution in [3.8, 4) is 0 Å². The van der Waals surface area contributed by atoms with Crippen LogP contribution in [0.5, 0.6) is 0 Å². The fourth-order valence-electron chi connectivity index (χ4n) is 8.11. The number of esters is 3. The van der Waals surface area contributed by atoms with Crippen molar-refractivity contribution in [3.05, 3.63) is 97.2 Å². The fourth-order valence-corrected chi connectivity index (χ4v) is 8.11. The number of ether oxygens (including phenoxy) is 3. The minimum absolute atomic E-state index is 0.109. The van der Waals surface area contributed by atoms with Crippen molar-refractivity contribution in [2.75, 3.05) is 13.2 Å². The molecule has 0 radical (unpaired) electrons. The van der Waals surface area contributed by atoms with Gasteiger partial charge in [0.25, 0.3) is 0 Å². The van der Waals surface area contributed by atoms with Gasteiger partial charge >= 0.3 is 17.9 Å². The zero-order chi connectivity index (χ0) is 51.4. The second-order valence-electron chi connectivity index (χ2n) is 19.6. The molecule has 0 aliphatic heterocycles. The molecule has 406 valence electrons. The minimum atomic E-state index is -0.814. The van der Waals surface area contributed by atoms with Crippen LogP contribution in [0.25, 0.3) is 0 Å². The summed E-state index contributed by atoms with van der Waals surface area (Å²) in [5.41, 5.74) is 0. The van der Waals surface area contributed by atoms with Crippen LogP contribution in [-0.4, -0.2) is 37.2 Å². The van der Waals surface area contributed by atoms with E-state index in [1.807, 2.05) is 0 Å². The Morgan fingerprint density at radius 3 is 1.01 bits per heavy atom. The van der Waals surface area contributed by atoms with E-state index in [9.17, 15) is 14.4 Å². The van der Waals surface area contributed by atoms with Gasteiger partial charge in [0.05, 0.1) is 0 Å². The third-order valence-corrected chi connectivity index (χ3v) is 12.6. The molecule has 0 saturated heterocycles. The van der Waals surface area contributed by atoms with Crippen LogP contribution < -0.4 is 0 Å². The monoisotopic (exact) mass is 987 g/mol. The molecule has 0 aromatic carbocycles. The number of unbranched alkanes of at least 4 members (excludes halogenated alkanes) is 29. The van der Waals surface area contributed by atoms with Crippen molar-refractivity contribution in [2.24, 2.45) is 0 Å². The number of carbonyl (C=O) groups excluding carboxylic acids is 3. The Morgan fingerprint density at radius 1 is 0.296 bits per heavy atom. The van der Waals surface area contributed by atoms with Gasteiger partial charge in [-0.25, -0.2) is 0 Å². The average molecular weight is 988 g/mol. The molecule has 0 heterocycles. The maximum Gasteiger partial charge on any atom is 0.306 e. The average Bonchev–Trinajstić information content (AvgIpc) is 3.37. The smallest absolute Gasteiger partial charge is 0.306 e. The van der Waals surface area contributed by atoms with Gasteiger partial charge in [0.2, 0.25) is 0 Å². The molecule has 6 heteroatoms. The molecule has 0 amide bonds. The van der Waals surface area contributed by atoms with Crippen LogP contribution in [0.2, 0.25) is 0 Å². The van der Waals surface area contributed by atoms with E-state index in [1.54, 1.807) is 0 Å². The molecule has 0 aliphatic carbocycles. The number of hydrogen-bond donors (Lipinski definition) is 0. The van der Waals surface area contributed by atoms with Crippen LogP contribution in [-0.2, 0) is 28.6 Å². The maximum atomic E-state index is 12.9. The summed E-state index contributed by atoms with van der Waals surface area (Å²) in [5.74, 6) is -0.987. The molecule has 0 spiro atoms. The third-order valence-electron chi connectivity index (χ3n) is 12.6. The van der Waals surface area contributed by atoms with E-state index >= 15 is 0 Å².